The summed E-state index contributed by atoms with van der Waals surface area (Å²) in [5, 5.41) is 13.4. The van der Waals surface area contributed by atoms with Gasteiger partial charge in [0.1, 0.15) is 18.0 Å². The molecule has 1 N–H and O–H groups in total. The molecule has 0 unspecified atom stereocenters. The van der Waals surface area contributed by atoms with E-state index < -0.39 is 16.6 Å². The Bertz CT molecular complexity index is 541. The summed E-state index contributed by atoms with van der Waals surface area (Å²) in [6, 6.07) is 2.92. The normalized spacial score (nSPS) is 11.0. The minimum Gasteiger partial charge on any atom is -0.491 e. The number of nitro groups is 1. The zero-order valence-electron chi connectivity index (χ0n) is 13.6. The largest absolute Gasteiger partial charge is 0.491 e. The lowest BCUT2D eigenvalue weighted by molar-refractivity contribution is -0.385. The molecule has 0 spiro atoms. The summed E-state index contributed by atoms with van der Waals surface area (Å²) >= 11 is 0. The maximum Gasteiger partial charge on any atom is 0.407 e. The van der Waals surface area contributed by atoms with E-state index in [9.17, 15) is 14.9 Å². The highest BCUT2D eigenvalue weighted by Crippen LogP contribution is 2.28. The van der Waals surface area contributed by atoms with E-state index in [1.807, 2.05) is 0 Å². The Morgan fingerprint density at radius 1 is 1.27 bits per heavy atom. The number of carbonyl (C=O) groups is 1. The molecule has 7 heteroatoms. The lowest BCUT2D eigenvalue weighted by Crippen LogP contribution is -2.34. The summed E-state index contributed by atoms with van der Waals surface area (Å²) in [6.45, 7) is 9.38. The second kappa shape index (κ2) is 7.11. The van der Waals surface area contributed by atoms with Crippen LogP contribution < -0.4 is 10.1 Å². The molecular formula is C15H22N2O5. The molecule has 1 aromatic carbocycles. The van der Waals surface area contributed by atoms with E-state index in [4.69, 9.17) is 9.47 Å². The summed E-state index contributed by atoms with van der Waals surface area (Å²) in [7, 11) is 0. The highest BCUT2D eigenvalue weighted by atomic mass is 16.6. The van der Waals surface area contributed by atoms with E-state index in [-0.39, 0.29) is 18.8 Å². The lowest BCUT2D eigenvalue weighted by Gasteiger charge is -2.19. The van der Waals surface area contributed by atoms with Gasteiger partial charge in [0.15, 0.2) is 0 Å². The predicted octanol–water partition coefficient (Wildman–Crippen LogP) is 3.12. The van der Waals surface area contributed by atoms with E-state index in [0.717, 1.165) is 0 Å². The average Bonchev–Trinajstić information content (AvgIpc) is 2.34. The van der Waals surface area contributed by atoms with Gasteiger partial charge in [-0.3, -0.25) is 10.1 Å². The van der Waals surface area contributed by atoms with Gasteiger partial charge in [-0.1, -0.05) is 0 Å². The number of hydrogen-bond donors (Lipinski definition) is 1. The fraction of sp³-hybridized carbons (Fsp3) is 0.533. The quantitative estimate of drug-likeness (QED) is 0.512. The van der Waals surface area contributed by atoms with Crippen molar-refractivity contribution in [1.82, 2.24) is 5.32 Å². The number of hydrogen-bond acceptors (Lipinski definition) is 5. The molecule has 1 aromatic rings. The van der Waals surface area contributed by atoms with Crippen LogP contribution in [0.25, 0.3) is 0 Å². The van der Waals surface area contributed by atoms with Crippen molar-refractivity contribution in [3.63, 3.8) is 0 Å². The van der Waals surface area contributed by atoms with Crippen molar-refractivity contribution in [3.8, 4) is 5.75 Å². The SMILES string of the molecule is Cc1cc([N+](=O)[O-])cc(C)c1OCCNC(=O)OC(C)(C)C. The zero-order valence-corrected chi connectivity index (χ0v) is 13.6. The molecule has 7 nitrogen and oxygen atoms in total. The number of amides is 1. The number of carbonyl (C=O) groups excluding carboxylic acids is 1. The van der Waals surface area contributed by atoms with Crippen molar-refractivity contribution < 1.29 is 19.2 Å². The highest BCUT2D eigenvalue weighted by molar-refractivity contribution is 5.67. The summed E-state index contributed by atoms with van der Waals surface area (Å²) in [5.41, 5.74) is 0.860. The molecule has 0 aliphatic carbocycles. The van der Waals surface area contributed by atoms with Crippen LogP contribution >= 0.6 is 0 Å². The first-order valence-electron chi connectivity index (χ1n) is 6.95. The van der Waals surface area contributed by atoms with Gasteiger partial charge in [0.05, 0.1) is 11.5 Å². The molecule has 1 rings (SSSR count). The Kier molecular flexibility index (Phi) is 5.73. The van der Waals surface area contributed by atoms with Gasteiger partial charge in [0.2, 0.25) is 0 Å². The van der Waals surface area contributed by atoms with E-state index >= 15 is 0 Å². The second-order valence-electron chi connectivity index (χ2n) is 5.94. The van der Waals surface area contributed by atoms with Crippen molar-refractivity contribution in [2.75, 3.05) is 13.2 Å². The molecule has 0 saturated carbocycles. The molecule has 0 aliphatic rings. The summed E-state index contributed by atoms with van der Waals surface area (Å²) in [5.74, 6) is 0.594. The molecule has 0 aromatic heterocycles. The third-order valence-electron chi connectivity index (χ3n) is 2.67. The van der Waals surface area contributed by atoms with Crippen LogP contribution in [0.15, 0.2) is 12.1 Å². The third-order valence-corrected chi connectivity index (χ3v) is 2.67. The van der Waals surface area contributed by atoms with Crippen LogP contribution in [-0.4, -0.2) is 29.8 Å². The number of benzene rings is 1. The van der Waals surface area contributed by atoms with E-state index in [1.54, 1.807) is 34.6 Å². The first-order chi connectivity index (χ1) is 10.1. The van der Waals surface area contributed by atoms with Crippen molar-refractivity contribution in [2.45, 2.75) is 40.2 Å². The van der Waals surface area contributed by atoms with Gasteiger partial charge in [-0.15, -0.1) is 0 Å². The van der Waals surface area contributed by atoms with E-state index in [0.29, 0.717) is 16.9 Å². The molecular weight excluding hydrogens is 288 g/mol. The highest BCUT2D eigenvalue weighted by Gasteiger charge is 2.16. The molecule has 122 valence electrons. The topological polar surface area (TPSA) is 90.7 Å². The Morgan fingerprint density at radius 3 is 2.27 bits per heavy atom. The summed E-state index contributed by atoms with van der Waals surface area (Å²) < 4.78 is 10.7. The van der Waals surface area contributed by atoms with Crippen LogP contribution in [0.1, 0.15) is 31.9 Å². The van der Waals surface area contributed by atoms with Crippen LogP contribution in [0.3, 0.4) is 0 Å². The van der Waals surface area contributed by atoms with Crippen molar-refractivity contribution >= 4 is 11.8 Å². The van der Waals surface area contributed by atoms with Crippen LogP contribution in [0, 0.1) is 24.0 Å². The minimum absolute atomic E-state index is 0.0363. The summed E-state index contributed by atoms with van der Waals surface area (Å²) in [6.07, 6.45) is -0.506. The first-order valence-corrected chi connectivity index (χ1v) is 6.95. The molecule has 0 aliphatic heterocycles. The maximum absolute atomic E-state index is 11.5. The van der Waals surface area contributed by atoms with Crippen LogP contribution in [0.4, 0.5) is 10.5 Å². The molecule has 0 bridgehead atoms. The number of nitrogens with zero attached hydrogens (tertiary/aromatic N) is 1. The predicted molar refractivity (Wildman–Crippen MR) is 82.3 cm³/mol. The Hall–Kier alpha value is -2.31. The number of nitrogens with one attached hydrogen (secondary N) is 1. The Balaban J connectivity index is 2.52. The Labute approximate surface area is 129 Å². The van der Waals surface area contributed by atoms with Gasteiger partial charge in [-0.2, -0.15) is 0 Å². The summed E-state index contributed by atoms with van der Waals surface area (Å²) in [4.78, 5) is 21.8. The number of rotatable bonds is 5. The molecule has 0 saturated heterocycles. The van der Waals surface area contributed by atoms with E-state index in [1.165, 1.54) is 12.1 Å². The number of ether oxygens (including phenoxy) is 2. The van der Waals surface area contributed by atoms with Crippen LogP contribution in [0.5, 0.6) is 5.75 Å². The fourth-order valence-electron chi connectivity index (χ4n) is 1.88. The standard InChI is InChI=1S/C15H22N2O5/c1-10-8-12(17(19)20)9-11(2)13(10)21-7-6-16-14(18)22-15(3,4)5/h8-9H,6-7H2,1-5H3,(H,16,18). The molecule has 0 atom stereocenters. The minimum atomic E-state index is -0.545. The first kappa shape index (κ1) is 17.7. The smallest absolute Gasteiger partial charge is 0.407 e. The number of nitro benzene ring substituents is 1. The number of non-ortho nitro benzene ring substituents is 1. The average molecular weight is 310 g/mol. The van der Waals surface area contributed by atoms with Gasteiger partial charge in [-0.25, -0.2) is 4.79 Å². The van der Waals surface area contributed by atoms with Crippen LogP contribution in [-0.2, 0) is 4.74 Å². The van der Waals surface area contributed by atoms with Gasteiger partial charge < -0.3 is 14.8 Å². The van der Waals surface area contributed by atoms with E-state index in [2.05, 4.69) is 5.32 Å². The Morgan fingerprint density at radius 2 is 1.82 bits per heavy atom. The number of alkyl carbamates (subject to hydrolysis) is 1. The molecule has 0 fully saturated rings. The maximum atomic E-state index is 11.5. The number of aryl methyl sites for hydroxylation is 2. The van der Waals surface area contributed by atoms with Crippen LogP contribution in [0.2, 0.25) is 0 Å². The molecule has 22 heavy (non-hydrogen) atoms. The third kappa shape index (κ3) is 5.59. The molecule has 0 heterocycles. The van der Waals surface area contributed by atoms with Gasteiger partial charge in [-0.05, 0) is 45.7 Å². The second-order valence-corrected chi connectivity index (χ2v) is 5.94. The zero-order chi connectivity index (χ0) is 16.9. The van der Waals surface area contributed by atoms with Gasteiger partial charge >= 0.3 is 6.09 Å². The monoisotopic (exact) mass is 310 g/mol. The van der Waals surface area contributed by atoms with Gasteiger partial charge in [0.25, 0.3) is 5.69 Å². The molecule has 0 radical (unpaired) electrons. The van der Waals surface area contributed by atoms with Crippen molar-refractivity contribution in [1.29, 1.82) is 0 Å². The van der Waals surface area contributed by atoms with Crippen molar-refractivity contribution in [2.24, 2.45) is 0 Å². The van der Waals surface area contributed by atoms with Gasteiger partial charge in [0, 0.05) is 12.1 Å². The fourth-order valence-corrected chi connectivity index (χ4v) is 1.88. The van der Waals surface area contributed by atoms with Crippen molar-refractivity contribution in [3.05, 3.63) is 33.4 Å². The molecule has 1 amide bonds. The lowest BCUT2D eigenvalue weighted by atomic mass is 10.1.